The summed E-state index contributed by atoms with van der Waals surface area (Å²) < 4.78 is 36.0. The minimum absolute atomic E-state index is 0.490. The Kier molecular flexibility index (Phi) is 6.95. The van der Waals surface area contributed by atoms with Crippen LogP contribution < -0.4 is 0 Å². The van der Waals surface area contributed by atoms with E-state index in [0.29, 0.717) is 15.3 Å². The number of alkyl halides is 3. The fourth-order valence-electron chi connectivity index (χ4n) is 2.21. The van der Waals surface area contributed by atoms with Gasteiger partial charge in [-0.1, -0.05) is 40.2 Å². The zero-order chi connectivity index (χ0) is 20.2. The molecule has 0 amide bonds. The van der Waals surface area contributed by atoms with Crippen LogP contribution in [0.4, 0.5) is 18.0 Å². The van der Waals surface area contributed by atoms with E-state index in [0.717, 1.165) is 17.9 Å². The molecule has 2 N–H and O–H groups in total. The van der Waals surface area contributed by atoms with Gasteiger partial charge in [0.15, 0.2) is 0 Å². The second kappa shape index (κ2) is 8.81. The number of hydrogen-bond donors (Lipinski definition) is 2. The summed E-state index contributed by atoms with van der Waals surface area (Å²) in [5, 5.41) is 20.6. The van der Waals surface area contributed by atoms with Crippen molar-refractivity contribution in [2.24, 2.45) is 0 Å². The molecule has 1 aromatic carbocycles. The van der Waals surface area contributed by atoms with Crippen molar-refractivity contribution in [1.29, 1.82) is 0 Å². The fraction of sp³-hybridized carbons (Fsp3) is 0.286. The Bertz CT molecular complexity index is 803. The number of aromatic nitrogens is 3. The van der Waals surface area contributed by atoms with Gasteiger partial charge in [-0.25, -0.2) is 9.59 Å². The lowest BCUT2D eigenvalue weighted by Crippen LogP contribution is -2.27. The third kappa shape index (κ3) is 6.29. The maximum Gasteiger partial charge on any atom is 0.513 e. The second-order valence-corrected chi connectivity index (χ2v) is 7.28. The summed E-state index contributed by atoms with van der Waals surface area (Å²) in [6.07, 6.45) is -3.71. The summed E-state index contributed by atoms with van der Waals surface area (Å²) in [7, 11) is 0. The zero-order valence-corrected chi connectivity index (χ0v) is 15.4. The lowest BCUT2D eigenvalue weighted by atomic mass is 10.1. The maximum atomic E-state index is 11.1. The van der Waals surface area contributed by atoms with E-state index in [-0.39, 0.29) is 0 Å². The number of halogens is 5. The van der Waals surface area contributed by atoms with Crippen LogP contribution in [-0.4, -0.2) is 44.1 Å². The number of carbonyl (C=O) groups excluding carboxylic acids is 1. The first-order valence-corrected chi connectivity index (χ1v) is 8.71. The van der Waals surface area contributed by atoms with Gasteiger partial charge in [-0.3, -0.25) is 5.10 Å². The van der Waals surface area contributed by atoms with Crippen molar-refractivity contribution < 1.29 is 32.6 Å². The monoisotopic (exact) mass is 443 g/mol. The van der Waals surface area contributed by atoms with Crippen LogP contribution >= 0.6 is 35.0 Å². The average molecular weight is 444 g/mol. The molecule has 0 atom stereocenters. The molecule has 1 aromatic heterocycles. The van der Waals surface area contributed by atoms with Crippen molar-refractivity contribution in [1.82, 2.24) is 15.4 Å². The predicted octanol–water partition coefficient (Wildman–Crippen LogP) is 4.14. The van der Waals surface area contributed by atoms with E-state index in [1.165, 1.54) is 11.1 Å². The number of fused-ring (bicyclic) bond motifs is 1. The van der Waals surface area contributed by atoms with Crippen molar-refractivity contribution in [3.05, 3.63) is 39.5 Å². The number of esters is 1. The summed E-state index contributed by atoms with van der Waals surface area (Å²) in [5.74, 6) is -2.74. The normalized spacial score (nSPS) is 13.5. The third-order valence-electron chi connectivity index (χ3n) is 3.23. The smallest absolute Gasteiger partial charge is 0.449 e. The first-order chi connectivity index (χ1) is 12.6. The van der Waals surface area contributed by atoms with Crippen LogP contribution in [-0.2, 0) is 22.4 Å². The Morgan fingerprint density at radius 2 is 1.78 bits per heavy atom. The van der Waals surface area contributed by atoms with Gasteiger partial charge in [-0.15, -0.1) is 5.10 Å². The van der Waals surface area contributed by atoms with Gasteiger partial charge in [-0.2, -0.15) is 13.2 Å². The van der Waals surface area contributed by atoms with E-state index >= 15 is 0 Å². The van der Waals surface area contributed by atoms with Gasteiger partial charge >= 0.3 is 18.3 Å². The highest BCUT2D eigenvalue weighted by atomic mass is 35.5. The van der Waals surface area contributed by atoms with Crippen molar-refractivity contribution in [3.8, 4) is 0 Å². The molecule has 1 heterocycles. The van der Waals surface area contributed by atoms with E-state index in [9.17, 15) is 22.8 Å². The molecule has 0 unspecified atom stereocenters. The van der Waals surface area contributed by atoms with Gasteiger partial charge in [-0.05, 0) is 36.1 Å². The van der Waals surface area contributed by atoms with E-state index in [1.54, 1.807) is 11.8 Å². The van der Waals surface area contributed by atoms with Crippen molar-refractivity contribution >= 4 is 47.1 Å². The van der Waals surface area contributed by atoms with E-state index in [4.69, 9.17) is 28.3 Å². The molecular weight excluding hydrogens is 434 g/mol. The highest BCUT2D eigenvalue weighted by Gasteiger charge is 2.42. The minimum atomic E-state index is -5.25. The molecule has 0 saturated carbocycles. The Balaban J connectivity index is 0.000000227. The van der Waals surface area contributed by atoms with E-state index in [2.05, 4.69) is 20.1 Å². The number of rotatable bonds is 2. The Labute approximate surface area is 164 Å². The van der Waals surface area contributed by atoms with Gasteiger partial charge in [0, 0.05) is 5.25 Å². The number of carboxylic acid groups (broad SMARTS) is 1. The number of aromatic amines is 1. The van der Waals surface area contributed by atoms with Crippen LogP contribution in [0.25, 0.3) is 0 Å². The molecule has 27 heavy (non-hydrogen) atoms. The van der Waals surface area contributed by atoms with Gasteiger partial charge in [0.05, 0.1) is 16.2 Å². The average Bonchev–Trinajstić information content (AvgIpc) is 3.17. The van der Waals surface area contributed by atoms with E-state index < -0.39 is 18.3 Å². The van der Waals surface area contributed by atoms with Crippen LogP contribution in [0.3, 0.4) is 0 Å². The SMILES string of the molecule is Clc1cc2c(cc1Cl)CC(Sc1c[nH]nn1)C2.O=C(O)OC(=O)C(F)(F)F. The van der Waals surface area contributed by atoms with Crippen LogP contribution in [0.5, 0.6) is 0 Å². The number of hydrogen-bond acceptors (Lipinski definition) is 6. The van der Waals surface area contributed by atoms with Crippen molar-refractivity contribution in [3.63, 3.8) is 0 Å². The summed E-state index contributed by atoms with van der Waals surface area (Å²) in [4.78, 5) is 18.9. The number of nitrogens with one attached hydrogen (secondary N) is 1. The van der Waals surface area contributed by atoms with Gasteiger partial charge < -0.3 is 9.84 Å². The quantitative estimate of drug-likeness (QED) is 0.530. The molecule has 7 nitrogen and oxygen atoms in total. The third-order valence-corrected chi connectivity index (χ3v) is 5.06. The van der Waals surface area contributed by atoms with Crippen LogP contribution in [0, 0.1) is 0 Å². The largest absolute Gasteiger partial charge is 0.513 e. The number of H-pyrrole nitrogens is 1. The molecule has 1 aliphatic rings. The van der Waals surface area contributed by atoms with Crippen LogP contribution in [0.1, 0.15) is 11.1 Å². The molecule has 0 saturated heterocycles. The van der Waals surface area contributed by atoms with Crippen LogP contribution in [0.15, 0.2) is 23.4 Å². The molecule has 2 aromatic rings. The highest BCUT2D eigenvalue weighted by Crippen LogP contribution is 2.37. The molecular formula is C14H10Cl2F3N3O4S. The number of ether oxygens (including phenoxy) is 1. The number of nitrogens with zero attached hydrogens (tertiary/aromatic N) is 2. The summed E-state index contributed by atoms with van der Waals surface area (Å²) >= 11 is 13.8. The van der Waals surface area contributed by atoms with Crippen molar-refractivity contribution in [2.75, 3.05) is 0 Å². The predicted molar refractivity (Wildman–Crippen MR) is 90.1 cm³/mol. The zero-order valence-electron chi connectivity index (χ0n) is 13.1. The molecule has 146 valence electrons. The molecule has 3 rings (SSSR count). The lowest BCUT2D eigenvalue weighted by molar-refractivity contribution is -0.194. The Hall–Kier alpha value is -1.98. The van der Waals surface area contributed by atoms with Gasteiger partial charge in [0.1, 0.15) is 5.03 Å². The van der Waals surface area contributed by atoms with E-state index in [1.807, 2.05) is 18.3 Å². The first-order valence-electron chi connectivity index (χ1n) is 7.08. The number of benzene rings is 1. The molecule has 13 heteroatoms. The molecule has 0 aliphatic heterocycles. The molecule has 0 spiro atoms. The Morgan fingerprint density at radius 3 is 2.15 bits per heavy atom. The molecule has 0 radical (unpaired) electrons. The van der Waals surface area contributed by atoms with Gasteiger partial charge in [0.25, 0.3) is 0 Å². The second-order valence-electron chi connectivity index (χ2n) is 5.15. The number of thioether (sulfide) groups is 1. The topological polar surface area (TPSA) is 105 Å². The maximum absolute atomic E-state index is 11.1. The Morgan fingerprint density at radius 1 is 1.22 bits per heavy atom. The fourth-order valence-corrected chi connectivity index (χ4v) is 3.66. The van der Waals surface area contributed by atoms with Crippen LogP contribution in [0.2, 0.25) is 10.0 Å². The summed E-state index contributed by atoms with van der Waals surface area (Å²) in [6.45, 7) is 0. The lowest BCUT2D eigenvalue weighted by Gasteiger charge is -2.04. The summed E-state index contributed by atoms with van der Waals surface area (Å²) in [6, 6.07) is 3.95. The highest BCUT2D eigenvalue weighted by molar-refractivity contribution is 7.99. The molecule has 0 fully saturated rings. The standard InChI is InChI=1S/C11H9Cl2N3S.C3HF3O4/c12-9-3-6-1-8(2-7(6)4-10(9)13)17-11-5-14-16-15-11;4-3(5,6)1(7)10-2(8)9/h3-5,8H,1-2H2,(H,14,15,16);(H,8,9). The molecule has 1 aliphatic carbocycles. The summed E-state index contributed by atoms with van der Waals surface area (Å²) in [5.41, 5.74) is 2.58. The minimum Gasteiger partial charge on any atom is -0.449 e. The number of carbonyl (C=O) groups is 2. The first kappa shape index (κ1) is 21.3. The molecule has 0 bridgehead atoms. The van der Waals surface area contributed by atoms with Crippen molar-refractivity contribution in [2.45, 2.75) is 29.3 Å². The van der Waals surface area contributed by atoms with Gasteiger partial charge in [0.2, 0.25) is 0 Å².